The molecule has 2 fully saturated rings. The second kappa shape index (κ2) is 26.4. The molecule has 2 saturated heterocycles. The third-order valence-electron chi connectivity index (χ3n) is 12.7. The molecule has 68 heavy (non-hydrogen) atoms. The molecule has 0 aliphatic carbocycles. The highest BCUT2D eigenvalue weighted by molar-refractivity contribution is 5.98. The van der Waals surface area contributed by atoms with Crippen molar-refractivity contribution in [3.63, 3.8) is 0 Å². The van der Waals surface area contributed by atoms with E-state index in [-0.39, 0.29) is 32.0 Å². The minimum absolute atomic E-state index is 0.113. The number of ether oxygens (including phenoxy) is 7. The molecular weight excluding hydrogens is 877 g/mol. The number of aliphatic carboxylic acids is 3. The summed E-state index contributed by atoms with van der Waals surface area (Å²) in [5.74, 6) is -7.39. The zero-order chi connectivity index (χ0) is 49.0. The van der Waals surface area contributed by atoms with Gasteiger partial charge in [0, 0.05) is 32.5 Å². The van der Waals surface area contributed by atoms with Crippen LogP contribution in [0.2, 0.25) is 0 Å². The van der Waals surface area contributed by atoms with Gasteiger partial charge < -0.3 is 53.6 Å². The molecule has 15 nitrogen and oxygen atoms in total. The van der Waals surface area contributed by atoms with Crippen LogP contribution in [0.3, 0.4) is 0 Å². The van der Waals surface area contributed by atoms with E-state index in [9.17, 15) is 39.6 Å². The molecule has 3 aromatic rings. The molecule has 4 N–H and O–H groups in total. The van der Waals surface area contributed by atoms with Gasteiger partial charge in [0.15, 0.2) is 5.79 Å². The number of rotatable bonds is 33. The van der Waals surface area contributed by atoms with Gasteiger partial charge in [0.1, 0.15) is 29.8 Å². The van der Waals surface area contributed by atoms with E-state index in [0.717, 1.165) is 68.4 Å². The van der Waals surface area contributed by atoms with Crippen LogP contribution in [0, 0.1) is 5.92 Å². The Morgan fingerprint density at radius 3 is 1.65 bits per heavy atom. The average molecular weight is 947 g/mol. The van der Waals surface area contributed by atoms with Crippen LogP contribution in [0.5, 0.6) is 11.5 Å². The molecule has 2 unspecified atom stereocenters. The molecule has 15 heteroatoms. The first-order valence-electron chi connectivity index (χ1n) is 24.0. The van der Waals surface area contributed by atoms with Crippen molar-refractivity contribution >= 4 is 23.9 Å². The minimum atomic E-state index is -3.21. The molecule has 2 bridgehead atoms. The third-order valence-corrected chi connectivity index (χ3v) is 12.7. The van der Waals surface area contributed by atoms with E-state index in [1.807, 2.05) is 97.9 Å². The predicted octanol–water partition coefficient (Wildman–Crippen LogP) is 8.59. The minimum Gasteiger partial charge on any atom is -0.494 e. The van der Waals surface area contributed by atoms with Gasteiger partial charge in [-0.25, -0.2) is 14.4 Å². The second-order valence-electron chi connectivity index (χ2n) is 17.8. The van der Waals surface area contributed by atoms with Gasteiger partial charge >= 0.3 is 23.9 Å². The number of unbranched alkanes of at least 4 members (excludes halogenated alkanes) is 10. The quantitative estimate of drug-likeness (QED) is 0.0256. The maximum absolute atomic E-state index is 13.8. The number of carbonyl (C=O) groups is 4. The number of carboxylic acids is 3. The zero-order valence-corrected chi connectivity index (χ0v) is 39.5. The Morgan fingerprint density at radius 1 is 0.676 bits per heavy atom. The van der Waals surface area contributed by atoms with Crippen molar-refractivity contribution in [2.75, 3.05) is 26.4 Å². The number of aliphatic hydroxyl groups excluding tert-OH is 1. The van der Waals surface area contributed by atoms with E-state index in [1.54, 1.807) is 0 Å². The smallest absolute Gasteiger partial charge is 0.343 e. The Kier molecular flexibility index (Phi) is 20.9. The van der Waals surface area contributed by atoms with Crippen LogP contribution in [0.1, 0.15) is 109 Å². The molecule has 372 valence electrons. The number of aliphatic hydroxyl groups is 1. The third kappa shape index (κ3) is 13.7. The molecule has 0 saturated carbocycles. The van der Waals surface area contributed by atoms with Crippen molar-refractivity contribution in [2.24, 2.45) is 5.92 Å². The number of esters is 1. The lowest BCUT2D eigenvalue weighted by Gasteiger charge is -2.51. The lowest BCUT2D eigenvalue weighted by Crippen LogP contribution is -2.79. The van der Waals surface area contributed by atoms with E-state index >= 15 is 0 Å². The molecule has 0 spiro atoms. The van der Waals surface area contributed by atoms with Crippen LogP contribution in [0.15, 0.2) is 103 Å². The van der Waals surface area contributed by atoms with Gasteiger partial charge in [0.05, 0.1) is 13.2 Å². The number of fused-ring (bicyclic) bond motifs is 2. The number of benzene rings is 3. The summed E-state index contributed by atoms with van der Waals surface area (Å²) < 4.78 is 41.8. The van der Waals surface area contributed by atoms with Gasteiger partial charge in [-0.15, -0.1) is 0 Å². The Hall–Kier alpha value is -5.32. The van der Waals surface area contributed by atoms with E-state index < -0.39 is 71.7 Å². The maximum Gasteiger partial charge on any atom is 0.343 e. The van der Waals surface area contributed by atoms with E-state index in [4.69, 9.17) is 33.2 Å². The highest BCUT2D eigenvalue weighted by Crippen LogP contribution is 2.57. The van der Waals surface area contributed by atoms with Gasteiger partial charge in [-0.1, -0.05) is 132 Å². The normalized spacial score (nSPS) is 23.8. The Balaban J connectivity index is 1.30. The maximum atomic E-state index is 13.8. The van der Waals surface area contributed by atoms with Gasteiger partial charge in [-0.2, -0.15) is 0 Å². The Labute approximate surface area is 399 Å². The van der Waals surface area contributed by atoms with Crippen molar-refractivity contribution in [3.05, 3.63) is 109 Å². The fourth-order valence-electron chi connectivity index (χ4n) is 9.26. The van der Waals surface area contributed by atoms with Gasteiger partial charge in [0.25, 0.3) is 0 Å². The average Bonchev–Trinajstić information content (AvgIpc) is 3.53. The first-order chi connectivity index (χ1) is 32.8. The number of carboxylic acid groups (broad SMARTS) is 3. The molecule has 0 radical (unpaired) electrons. The Morgan fingerprint density at radius 2 is 1.16 bits per heavy atom. The molecule has 3 aromatic carbocycles. The van der Waals surface area contributed by atoms with Crippen LogP contribution in [0.4, 0.5) is 0 Å². The SMILES string of the molecule is C=C(CC[C@@]12O[C@H](C(=O)O)[C@@](OCCCCCCCCOc3ccccc3)(C(=O)O)[C@@](C(=O)O)(O1)[C@H](OCCCCCCCCOc1ccccc1)[C@H]2O)C(OC(C)=O)C(C)Cc1ccccc1. The van der Waals surface area contributed by atoms with Crippen LogP contribution < -0.4 is 9.47 Å². The van der Waals surface area contributed by atoms with E-state index in [0.29, 0.717) is 44.5 Å². The second-order valence-corrected chi connectivity index (χ2v) is 17.8. The van der Waals surface area contributed by atoms with E-state index in [2.05, 4.69) is 6.58 Å². The number of carbonyl (C=O) groups excluding carboxylic acids is 1. The summed E-state index contributed by atoms with van der Waals surface area (Å²) in [6.07, 6.45) is 1.36. The fourth-order valence-corrected chi connectivity index (χ4v) is 9.26. The van der Waals surface area contributed by atoms with Crippen molar-refractivity contribution in [2.45, 2.75) is 152 Å². The number of hydrogen-bond donors (Lipinski definition) is 4. The molecule has 5 rings (SSSR count). The number of hydrogen-bond acceptors (Lipinski definition) is 12. The van der Waals surface area contributed by atoms with Gasteiger partial charge in [0.2, 0.25) is 17.3 Å². The van der Waals surface area contributed by atoms with Crippen LogP contribution >= 0.6 is 0 Å². The number of para-hydroxylation sites is 2. The van der Waals surface area contributed by atoms with Crippen molar-refractivity contribution in [1.29, 1.82) is 0 Å². The molecule has 0 aromatic heterocycles. The molecule has 2 aliphatic heterocycles. The summed E-state index contributed by atoms with van der Waals surface area (Å²) in [5.41, 5.74) is -4.98. The molecule has 2 aliphatic rings. The monoisotopic (exact) mass is 946 g/mol. The van der Waals surface area contributed by atoms with Crippen LogP contribution in [-0.2, 0) is 49.3 Å². The first kappa shape index (κ1) is 53.6. The first-order valence-corrected chi connectivity index (χ1v) is 24.0. The summed E-state index contributed by atoms with van der Waals surface area (Å²) in [5, 5.41) is 45.2. The highest BCUT2D eigenvalue weighted by Gasteiger charge is 2.86. The standard InChI is InChI=1S/C53H70O15/c1-38(44(66-40(3)54)39(2)37-41-25-15-12-16-26-41)31-32-51-45(55)46(64-35-23-10-5-4-8-21-33-62-42-27-17-13-18-28-42)53(68-51,50(60)61)52(49(58)59,47(67-51)48(56)57)65-36-24-11-7-6-9-22-34-63-43-29-19-14-20-30-43/h12-20,25-30,39,44-47,55H,1,4-11,21-24,31-37H2,2-3H3,(H,56,57)(H,58,59)(H,60,61)/t39?,44?,45-,46-,47-,51-,52-,53-/m1/s1. The lowest BCUT2D eigenvalue weighted by molar-refractivity contribution is -0.380. The van der Waals surface area contributed by atoms with Crippen LogP contribution in [0.25, 0.3) is 0 Å². The van der Waals surface area contributed by atoms with Crippen LogP contribution in [-0.4, -0.2) is 112 Å². The van der Waals surface area contributed by atoms with Crippen molar-refractivity contribution < 1.29 is 72.8 Å². The fraction of sp³-hybridized carbons (Fsp3) is 0.547. The summed E-state index contributed by atoms with van der Waals surface area (Å²) >= 11 is 0. The zero-order valence-electron chi connectivity index (χ0n) is 39.5. The summed E-state index contributed by atoms with van der Waals surface area (Å²) in [6.45, 7) is 7.99. The molecule has 0 amide bonds. The van der Waals surface area contributed by atoms with Crippen molar-refractivity contribution in [3.8, 4) is 11.5 Å². The Bertz CT molecular complexity index is 2030. The topological polar surface area (TPSA) is 214 Å². The van der Waals surface area contributed by atoms with Crippen molar-refractivity contribution in [1.82, 2.24) is 0 Å². The summed E-state index contributed by atoms with van der Waals surface area (Å²) in [7, 11) is 0. The largest absolute Gasteiger partial charge is 0.494 e. The lowest BCUT2D eigenvalue weighted by atomic mass is 9.74. The van der Waals surface area contributed by atoms with Gasteiger partial charge in [-0.3, -0.25) is 4.79 Å². The highest BCUT2D eigenvalue weighted by atomic mass is 16.8. The summed E-state index contributed by atoms with van der Waals surface area (Å²) in [6, 6.07) is 28.6. The molecule has 8 atom stereocenters. The molecule has 2 heterocycles. The predicted molar refractivity (Wildman–Crippen MR) is 251 cm³/mol. The van der Waals surface area contributed by atoms with E-state index in [1.165, 1.54) is 6.92 Å². The van der Waals surface area contributed by atoms with Gasteiger partial charge in [-0.05, 0) is 73.9 Å². The molecular formula is C53H70O15. The summed E-state index contributed by atoms with van der Waals surface area (Å²) in [4.78, 5) is 53.1.